The summed E-state index contributed by atoms with van der Waals surface area (Å²) in [6, 6.07) is 0. The second kappa shape index (κ2) is 36.4. The largest absolute Gasteiger partial charge is 0.472 e. The molecule has 1 N–H and O–H groups in total. The molecular weight excluding hydrogens is 701 g/mol. The lowest BCUT2D eigenvalue weighted by atomic mass is 10.1. The summed E-state index contributed by atoms with van der Waals surface area (Å²) in [5.74, 6) is -0.842. The molecule has 0 saturated heterocycles. The lowest BCUT2D eigenvalue weighted by Crippen LogP contribution is -2.37. The summed E-state index contributed by atoms with van der Waals surface area (Å²) in [5.41, 5.74) is 0. The third-order valence-corrected chi connectivity index (χ3v) is 9.54. The number of rotatable bonds is 37. The fourth-order valence-electron chi connectivity index (χ4n) is 5.25. The van der Waals surface area contributed by atoms with Crippen molar-refractivity contribution < 1.29 is 42.1 Å². The first kappa shape index (κ1) is 51.7. The third-order valence-electron chi connectivity index (χ3n) is 8.56. The fourth-order valence-corrected chi connectivity index (χ4v) is 5.99. The molecule has 0 aliphatic rings. The van der Waals surface area contributed by atoms with Crippen molar-refractivity contribution >= 4 is 19.8 Å². The maximum Gasteiger partial charge on any atom is 0.472 e. The Hall–Kier alpha value is -2.29. The van der Waals surface area contributed by atoms with Crippen LogP contribution in [0.4, 0.5) is 0 Å². The molecule has 0 spiro atoms. The Labute approximate surface area is 330 Å². The van der Waals surface area contributed by atoms with Crippen LogP contribution in [-0.4, -0.2) is 74.9 Å². The summed E-state index contributed by atoms with van der Waals surface area (Å²) in [5, 5.41) is 0. The van der Waals surface area contributed by atoms with Crippen molar-refractivity contribution in [1.82, 2.24) is 0 Å². The highest BCUT2D eigenvalue weighted by molar-refractivity contribution is 7.47. The average Bonchev–Trinajstić information content (AvgIpc) is 3.12. The number of ether oxygens (including phenoxy) is 2. The highest BCUT2D eigenvalue weighted by Gasteiger charge is 2.27. The molecule has 0 fully saturated rings. The normalized spacial score (nSPS) is 14.3. The van der Waals surface area contributed by atoms with Gasteiger partial charge in [-0.1, -0.05) is 132 Å². The van der Waals surface area contributed by atoms with E-state index in [2.05, 4.69) is 74.6 Å². The summed E-state index contributed by atoms with van der Waals surface area (Å²) >= 11 is 0. The van der Waals surface area contributed by atoms with Crippen LogP contribution in [-0.2, 0) is 32.7 Å². The predicted octanol–water partition coefficient (Wildman–Crippen LogP) is 11.7. The van der Waals surface area contributed by atoms with Gasteiger partial charge in [-0.25, -0.2) is 4.57 Å². The number of quaternary nitrogens is 1. The van der Waals surface area contributed by atoms with Crippen LogP contribution in [0.3, 0.4) is 0 Å². The topological polar surface area (TPSA) is 108 Å². The molecule has 2 atom stereocenters. The number of allylic oxidation sites excluding steroid dienone is 10. The molecule has 9 nitrogen and oxygen atoms in total. The van der Waals surface area contributed by atoms with Crippen molar-refractivity contribution in [3.05, 3.63) is 60.8 Å². The Morgan fingerprint density at radius 3 is 1.69 bits per heavy atom. The van der Waals surface area contributed by atoms with Gasteiger partial charge in [-0.05, 0) is 70.6 Å². The summed E-state index contributed by atoms with van der Waals surface area (Å²) in [7, 11) is 1.44. The first-order chi connectivity index (χ1) is 26.0. The highest BCUT2D eigenvalue weighted by Crippen LogP contribution is 2.43. The number of phosphoric ester groups is 1. The molecule has 1 unspecified atom stereocenters. The smallest absolute Gasteiger partial charge is 0.462 e. The van der Waals surface area contributed by atoms with Crippen molar-refractivity contribution in [2.45, 2.75) is 161 Å². The molecule has 312 valence electrons. The molecule has 0 radical (unpaired) electrons. The molecular formula is C44H79NO8P+. The van der Waals surface area contributed by atoms with Gasteiger partial charge >= 0.3 is 19.8 Å². The number of unbranched alkanes of at least 4 members (excludes halogenated alkanes) is 14. The van der Waals surface area contributed by atoms with E-state index in [-0.39, 0.29) is 26.1 Å². The zero-order chi connectivity index (χ0) is 40.0. The van der Waals surface area contributed by atoms with Crippen molar-refractivity contribution in [3.63, 3.8) is 0 Å². The SMILES string of the molecule is CC/C=C/C/C=C/C/C=C/CCCCCCCC(=O)O[C@H](COC(=O)CCCCCCC/C=C/C=C/CCCCCC)COP(=O)(O)OCC[N+](C)(C)C. The molecule has 0 aliphatic carbocycles. The van der Waals surface area contributed by atoms with E-state index in [1.54, 1.807) is 0 Å². The van der Waals surface area contributed by atoms with Crippen LogP contribution in [0.15, 0.2) is 60.8 Å². The predicted molar refractivity (Wildman–Crippen MR) is 224 cm³/mol. The minimum Gasteiger partial charge on any atom is -0.462 e. The monoisotopic (exact) mass is 781 g/mol. The van der Waals surface area contributed by atoms with Crippen LogP contribution < -0.4 is 0 Å². The van der Waals surface area contributed by atoms with E-state index in [0.29, 0.717) is 23.9 Å². The van der Waals surface area contributed by atoms with Gasteiger partial charge in [0.25, 0.3) is 0 Å². The number of carbonyl (C=O) groups is 2. The Bertz CT molecular complexity index is 1110. The van der Waals surface area contributed by atoms with Crippen LogP contribution >= 0.6 is 7.82 Å². The molecule has 0 bridgehead atoms. The van der Waals surface area contributed by atoms with Crippen molar-refractivity contribution in [3.8, 4) is 0 Å². The molecule has 10 heteroatoms. The number of nitrogens with zero attached hydrogens (tertiary/aromatic N) is 1. The van der Waals surface area contributed by atoms with Gasteiger partial charge in [-0.15, -0.1) is 0 Å². The van der Waals surface area contributed by atoms with Gasteiger partial charge in [0, 0.05) is 12.8 Å². The van der Waals surface area contributed by atoms with Gasteiger partial charge in [0.15, 0.2) is 6.10 Å². The Kier molecular flexibility index (Phi) is 34.8. The number of phosphoric acid groups is 1. The van der Waals surface area contributed by atoms with Gasteiger partial charge < -0.3 is 18.9 Å². The maximum atomic E-state index is 12.7. The van der Waals surface area contributed by atoms with Gasteiger partial charge in [0.1, 0.15) is 19.8 Å². The number of hydrogen-bond acceptors (Lipinski definition) is 7. The zero-order valence-corrected chi connectivity index (χ0v) is 35.8. The molecule has 0 aromatic rings. The molecule has 0 heterocycles. The summed E-state index contributed by atoms with van der Waals surface area (Å²) in [6.45, 7) is 4.23. The lowest BCUT2D eigenvalue weighted by molar-refractivity contribution is -0.870. The van der Waals surface area contributed by atoms with Crippen LogP contribution in [0.2, 0.25) is 0 Å². The van der Waals surface area contributed by atoms with Gasteiger partial charge in [0.2, 0.25) is 0 Å². The van der Waals surface area contributed by atoms with Crippen molar-refractivity contribution in [1.29, 1.82) is 0 Å². The van der Waals surface area contributed by atoms with Gasteiger partial charge in [-0.2, -0.15) is 0 Å². The number of esters is 2. The fraction of sp³-hybridized carbons (Fsp3) is 0.727. The lowest BCUT2D eigenvalue weighted by Gasteiger charge is -2.24. The Balaban J connectivity index is 4.46. The molecule has 0 rings (SSSR count). The van der Waals surface area contributed by atoms with Crippen LogP contribution in [0, 0.1) is 0 Å². The molecule has 0 aromatic heterocycles. The van der Waals surface area contributed by atoms with Crippen molar-refractivity contribution in [2.75, 3.05) is 47.5 Å². The minimum atomic E-state index is -4.38. The Morgan fingerprint density at radius 1 is 0.611 bits per heavy atom. The Morgan fingerprint density at radius 2 is 1.11 bits per heavy atom. The second-order valence-corrected chi connectivity index (χ2v) is 16.5. The number of likely N-dealkylation sites (N-methyl/N-ethyl adjacent to an activating group) is 1. The zero-order valence-electron chi connectivity index (χ0n) is 34.9. The van der Waals surface area contributed by atoms with E-state index in [4.69, 9.17) is 18.5 Å². The first-order valence-corrected chi connectivity index (χ1v) is 22.5. The van der Waals surface area contributed by atoms with Crippen LogP contribution in [0.5, 0.6) is 0 Å². The molecule has 0 aliphatic heterocycles. The second-order valence-electron chi connectivity index (χ2n) is 15.0. The van der Waals surface area contributed by atoms with E-state index in [1.807, 2.05) is 21.1 Å². The summed E-state index contributed by atoms with van der Waals surface area (Å²) in [6.07, 6.45) is 42.6. The van der Waals surface area contributed by atoms with Gasteiger partial charge in [-0.3, -0.25) is 18.6 Å². The molecule has 0 aromatic carbocycles. The van der Waals surface area contributed by atoms with E-state index in [0.717, 1.165) is 89.9 Å². The third kappa shape index (κ3) is 39.4. The number of carbonyl (C=O) groups excluding carboxylic acids is 2. The van der Waals surface area contributed by atoms with E-state index in [9.17, 15) is 19.0 Å². The van der Waals surface area contributed by atoms with E-state index < -0.39 is 32.5 Å². The van der Waals surface area contributed by atoms with E-state index in [1.165, 1.54) is 25.7 Å². The summed E-state index contributed by atoms with van der Waals surface area (Å²) in [4.78, 5) is 35.3. The standard InChI is InChI=1S/C44H78NO8P/c1-6-8-10-12-14-16-18-20-22-24-26-28-30-32-34-36-43(46)50-40-42(41-52-54(48,49)51-39-38-45(3,4)5)53-44(47)37-35-33-31-29-27-25-23-21-19-17-15-13-11-9-7-2/h9,11,15-18,20-23,42H,6-8,10,12-14,19,24-41H2,1-5H3/p+1/b11-9+,17-15+,18-16+,22-20+,23-21+/t42-/m1/s1. The minimum absolute atomic E-state index is 0.0227. The first-order valence-electron chi connectivity index (χ1n) is 21.0. The molecule has 0 amide bonds. The number of hydrogen-bond donors (Lipinski definition) is 1. The molecule has 54 heavy (non-hydrogen) atoms. The highest BCUT2D eigenvalue weighted by atomic mass is 31.2. The van der Waals surface area contributed by atoms with Crippen LogP contribution in [0.25, 0.3) is 0 Å². The van der Waals surface area contributed by atoms with Crippen molar-refractivity contribution in [2.24, 2.45) is 0 Å². The van der Waals surface area contributed by atoms with E-state index >= 15 is 0 Å². The maximum absolute atomic E-state index is 12.7. The average molecular weight is 781 g/mol. The summed E-state index contributed by atoms with van der Waals surface area (Å²) < 4.78 is 34.2. The quantitative estimate of drug-likeness (QED) is 0.0166. The molecule has 0 saturated carbocycles. The van der Waals surface area contributed by atoms with Gasteiger partial charge in [0.05, 0.1) is 27.7 Å². The van der Waals surface area contributed by atoms with Crippen LogP contribution in [0.1, 0.15) is 155 Å².